The highest BCUT2D eigenvalue weighted by Gasteiger charge is 2.52. The molecule has 0 saturated heterocycles. The van der Waals surface area contributed by atoms with E-state index in [0.717, 1.165) is 22.2 Å². The van der Waals surface area contributed by atoms with Gasteiger partial charge in [0.2, 0.25) is 5.91 Å². The number of nitrogens with one attached hydrogen (secondary N) is 1. The average molecular weight is 469 g/mol. The van der Waals surface area contributed by atoms with Gasteiger partial charge in [-0.15, -0.1) is 8.78 Å². The first kappa shape index (κ1) is 22.4. The number of amides is 1. The lowest BCUT2D eigenvalue weighted by Gasteiger charge is -2.17. The summed E-state index contributed by atoms with van der Waals surface area (Å²) in [6.07, 6.45) is -3.19. The van der Waals surface area contributed by atoms with Crippen molar-refractivity contribution >= 4 is 28.1 Å². The molecule has 5 rings (SSSR count). The van der Waals surface area contributed by atoms with E-state index in [1.807, 2.05) is 29.7 Å². The summed E-state index contributed by atoms with van der Waals surface area (Å²) in [7, 11) is 0. The molecule has 1 fully saturated rings. The van der Waals surface area contributed by atoms with Crippen molar-refractivity contribution in [2.75, 3.05) is 11.9 Å². The van der Waals surface area contributed by atoms with Gasteiger partial charge in [0.25, 0.3) is 0 Å². The Morgan fingerprint density at radius 1 is 1.21 bits per heavy atom. The van der Waals surface area contributed by atoms with Crippen LogP contribution >= 0.6 is 0 Å². The molecule has 1 aliphatic heterocycles. The lowest BCUT2D eigenvalue weighted by atomic mass is 9.94. The van der Waals surface area contributed by atoms with E-state index in [1.165, 1.54) is 12.1 Å². The van der Waals surface area contributed by atoms with Crippen molar-refractivity contribution < 1.29 is 28.2 Å². The van der Waals surface area contributed by atoms with Crippen LogP contribution in [-0.2, 0) is 16.8 Å². The minimum absolute atomic E-state index is 0.0482. The fourth-order valence-electron chi connectivity index (χ4n) is 4.45. The van der Waals surface area contributed by atoms with E-state index in [9.17, 15) is 18.7 Å². The second-order valence-corrected chi connectivity index (χ2v) is 8.95. The predicted octanol–water partition coefficient (Wildman–Crippen LogP) is 3.99. The molecule has 1 saturated carbocycles. The highest BCUT2D eigenvalue weighted by molar-refractivity contribution is 6.02. The molecule has 0 unspecified atom stereocenters. The van der Waals surface area contributed by atoms with Gasteiger partial charge in [-0.3, -0.25) is 4.79 Å². The van der Waals surface area contributed by atoms with Crippen LogP contribution in [0.25, 0.3) is 16.5 Å². The van der Waals surface area contributed by atoms with Crippen LogP contribution in [0.4, 0.5) is 14.5 Å². The smallest absolute Gasteiger partial charge is 0.395 e. The third-order valence-corrected chi connectivity index (χ3v) is 6.40. The molecule has 1 aromatic heterocycles. The molecular formula is C25H25F2N3O4. The number of benzene rings is 2. The number of carbonyl (C=O) groups is 1. The van der Waals surface area contributed by atoms with Crippen LogP contribution in [0.1, 0.15) is 31.0 Å². The minimum atomic E-state index is -3.70. The second-order valence-electron chi connectivity index (χ2n) is 8.95. The van der Waals surface area contributed by atoms with E-state index < -0.39 is 17.8 Å². The number of aromatic nitrogens is 1. The lowest BCUT2D eigenvalue weighted by Crippen LogP contribution is -2.28. The van der Waals surface area contributed by atoms with Crippen LogP contribution in [0, 0.1) is 0 Å². The summed E-state index contributed by atoms with van der Waals surface area (Å²) in [6.45, 7) is 6.39. The summed E-state index contributed by atoms with van der Waals surface area (Å²) in [5.74, 6) is -0.333. The second kappa shape index (κ2) is 7.82. The van der Waals surface area contributed by atoms with Crippen LogP contribution in [-0.4, -0.2) is 34.5 Å². The number of nitrogens with zero attached hydrogens (tertiary/aromatic N) is 1. The number of anilines is 1. The molecule has 2 heterocycles. The van der Waals surface area contributed by atoms with Crippen LogP contribution in [0.5, 0.6) is 11.5 Å². The number of hydrogen-bond donors (Lipinski definition) is 3. The summed E-state index contributed by atoms with van der Waals surface area (Å²) >= 11 is 0. The Bertz CT molecular complexity index is 1310. The average Bonchev–Trinajstić information content (AvgIpc) is 3.43. The fourth-order valence-corrected chi connectivity index (χ4v) is 4.45. The molecule has 9 heteroatoms. The van der Waals surface area contributed by atoms with Gasteiger partial charge in [-0.1, -0.05) is 12.6 Å². The van der Waals surface area contributed by atoms with Crippen molar-refractivity contribution in [2.45, 2.75) is 44.1 Å². The topological polar surface area (TPSA) is 98.7 Å². The van der Waals surface area contributed by atoms with Crippen molar-refractivity contribution in [1.82, 2.24) is 4.57 Å². The van der Waals surface area contributed by atoms with Gasteiger partial charge in [0.05, 0.1) is 18.1 Å². The molecule has 0 radical (unpaired) electrons. The minimum Gasteiger partial charge on any atom is -0.395 e. The number of aliphatic hydroxyl groups excluding tert-OH is 1. The zero-order valence-electron chi connectivity index (χ0n) is 18.6. The number of aliphatic hydroxyl groups is 1. The van der Waals surface area contributed by atoms with E-state index >= 15 is 0 Å². The number of carbonyl (C=O) groups excluding carboxylic acids is 1. The molecule has 0 bridgehead atoms. The highest BCUT2D eigenvalue weighted by Crippen LogP contribution is 2.52. The SMILES string of the molecule is C=C(C)c1cc2cc(NC(=O)C3(c4ccc5c(c4)OC(F)(F)O5)CC3)ccc2n1C[C@@H](O)CN. The van der Waals surface area contributed by atoms with Crippen LogP contribution in [0.15, 0.2) is 49.0 Å². The molecule has 34 heavy (non-hydrogen) atoms. The summed E-state index contributed by atoms with van der Waals surface area (Å²) < 4.78 is 37.7. The van der Waals surface area contributed by atoms with Crippen molar-refractivity contribution in [3.63, 3.8) is 0 Å². The number of halogens is 2. The van der Waals surface area contributed by atoms with Crippen molar-refractivity contribution in [3.05, 3.63) is 60.3 Å². The molecule has 4 N–H and O–H groups in total. The quantitative estimate of drug-likeness (QED) is 0.486. The Morgan fingerprint density at radius 2 is 1.94 bits per heavy atom. The molecule has 178 valence electrons. The summed E-state index contributed by atoms with van der Waals surface area (Å²) in [5, 5.41) is 13.9. The molecule has 2 aliphatic rings. The Hall–Kier alpha value is -3.43. The first-order chi connectivity index (χ1) is 16.1. The van der Waals surface area contributed by atoms with Crippen LogP contribution < -0.4 is 20.5 Å². The number of ether oxygens (including phenoxy) is 2. The predicted molar refractivity (Wildman–Crippen MR) is 124 cm³/mol. The number of alkyl halides is 2. The third kappa shape index (κ3) is 3.80. The van der Waals surface area contributed by atoms with E-state index in [0.29, 0.717) is 30.6 Å². The normalized spacial score (nSPS) is 18.0. The van der Waals surface area contributed by atoms with Gasteiger partial charge in [-0.2, -0.15) is 0 Å². The summed E-state index contributed by atoms with van der Waals surface area (Å²) in [4.78, 5) is 13.2. The maximum Gasteiger partial charge on any atom is 0.586 e. The van der Waals surface area contributed by atoms with E-state index in [4.69, 9.17) is 5.73 Å². The molecule has 1 aliphatic carbocycles. The van der Waals surface area contributed by atoms with E-state index in [2.05, 4.69) is 21.4 Å². The zero-order chi connectivity index (χ0) is 24.3. The summed E-state index contributed by atoms with van der Waals surface area (Å²) in [6, 6.07) is 12.0. The zero-order valence-corrected chi connectivity index (χ0v) is 18.6. The Kier molecular flexibility index (Phi) is 5.14. The van der Waals surface area contributed by atoms with Crippen molar-refractivity contribution in [1.29, 1.82) is 0 Å². The standard InChI is InChI=1S/C25H25F2N3O4/c1-14(2)20-10-15-9-17(4-5-19(15)30(20)13-18(31)12-28)29-23(32)24(7-8-24)16-3-6-21-22(11-16)34-25(26,27)33-21/h3-6,9-11,18,31H,1,7-8,12-13,28H2,2H3,(H,29,32)/t18-/m0/s1. The van der Waals surface area contributed by atoms with Gasteiger partial charge < -0.3 is 30.2 Å². The number of rotatable bonds is 7. The molecule has 7 nitrogen and oxygen atoms in total. The van der Waals surface area contributed by atoms with Crippen molar-refractivity contribution in [3.8, 4) is 11.5 Å². The number of allylic oxidation sites excluding steroid dienone is 1. The first-order valence-corrected chi connectivity index (χ1v) is 11.0. The monoisotopic (exact) mass is 469 g/mol. The van der Waals surface area contributed by atoms with Crippen LogP contribution in [0.2, 0.25) is 0 Å². The summed E-state index contributed by atoms with van der Waals surface area (Å²) in [5.41, 5.74) is 8.62. The number of fused-ring (bicyclic) bond motifs is 2. The first-order valence-electron chi connectivity index (χ1n) is 11.0. The molecule has 0 spiro atoms. The number of hydrogen-bond acceptors (Lipinski definition) is 5. The van der Waals surface area contributed by atoms with Gasteiger partial charge in [0, 0.05) is 28.8 Å². The van der Waals surface area contributed by atoms with Gasteiger partial charge in [-0.25, -0.2) is 0 Å². The van der Waals surface area contributed by atoms with Crippen LogP contribution in [0.3, 0.4) is 0 Å². The Morgan fingerprint density at radius 3 is 2.62 bits per heavy atom. The largest absolute Gasteiger partial charge is 0.586 e. The molecule has 2 aromatic carbocycles. The maximum atomic E-state index is 13.4. The molecular weight excluding hydrogens is 444 g/mol. The van der Waals surface area contributed by atoms with E-state index in [-0.39, 0.29) is 24.0 Å². The van der Waals surface area contributed by atoms with Gasteiger partial charge in [0.15, 0.2) is 11.5 Å². The fraction of sp³-hybridized carbons (Fsp3) is 0.320. The molecule has 3 aromatic rings. The number of nitrogens with two attached hydrogens (primary N) is 1. The molecule has 1 amide bonds. The Balaban J connectivity index is 1.40. The van der Waals surface area contributed by atoms with E-state index in [1.54, 1.807) is 12.1 Å². The molecule has 1 atom stereocenters. The lowest BCUT2D eigenvalue weighted by molar-refractivity contribution is -0.286. The van der Waals surface area contributed by atoms with Gasteiger partial charge >= 0.3 is 6.29 Å². The third-order valence-electron chi connectivity index (χ3n) is 6.40. The maximum absolute atomic E-state index is 13.4. The Labute approximate surface area is 194 Å². The highest BCUT2D eigenvalue weighted by atomic mass is 19.3. The van der Waals surface area contributed by atoms with Crippen molar-refractivity contribution in [2.24, 2.45) is 5.73 Å². The van der Waals surface area contributed by atoms with Gasteiger partial charge in [0.1, 0.15) is 0 Å². The van der Waals surface area contributed by atoms with Gasteiger partial charge in [-0.05, 0) is 67.3 Å².